The maximum Gasteiger partial charge on any atom is 0.221 e. The number of imidazole rings is 1. The van der Waals surface area contributed by atoms with Gasteiger partial charge < -0.3 is 14.6 Å². The average Bonchev–Trinajstić information content (AvgIpc) is 3.11. The van der Waals surface area contributed by atoms with E-state index in [0.29, 0.717) is 18.6 Å². The second-order valence-corrected chi connectivity index (χ2v) is 6.00. The Morgan fingerprint density at radius 3 is 2.77 bits per heavy atom. The lowest BCUT2D eigenvalue weighted by Crippen LogP contribution is -2.31. The van der Waals surface area contributed by atoms with Gasteiger partial charge in [-0.1, -0.05) is 24.3 Å². The molecule has 1 amide bonds. The minimum absolute atomic E-state index is 0.0484. The molecule has 0 saturated carbocycles. The monoisotopic (exact) mass is 350 g/mol. The molecule has 26 heavy (non-hydrogen) atoms. The summed E-state index contributed by atoms with van der Waals surface area (Å²) in [5.41, 5.74) is 1.91. The predicted molar refractivity (Wildman–Crippen MR) is 98.7 cm³/mol. The van der Waals surface area contributed by atoms with E-state index in [2.05, 4.69) is 15.3 Å². The maximum atomic E-state index is 12.6. The van der Waals surface area contributed by atoms with E-state index in [4.69, 9.17) is 4.74 Å². The van der Waals surface area contributed by atoms with Crippen LogP contribution in [0.5, 0.6) is 5.75 Å². The number of nitrogens with zero attached hydrogens (tertiary/aromatic N) is 3. The van der Waals surface area contributed by atoms with Crippen molar-refractivity contribution in [2.45, 2.75) is 18.9 Å². The first-order valence-corrected chi connectivity index (χ1v) is 8.47. The zero-order valence-electron chi connectivity index (χ0n) is 14.9. The summed E-state index contributed by atoms with van der Waals surface area (Å²) in [6.45, 7) is 0. The van der Waals surface area contributed by atoms with Crippen LogP contribution in [0.15, 0.2) is 61.2 Å². The molecule has 3 aromatic rings. The van der Waals surface area contributed by atoms with E-state index in [1.165, 1.54) is 0 Å². The third-order valence-corrected chi connectivity index (χ3v) is 4.24. The summed E-state index contributed by atoms with van der Waals surface area (Å²) in [5, 5.41) is 3.10. The van der Waals surface area contributed by atoms with E-state index in [-0.39, 0.29) is 11.9 Å². The third-order valence-electron chi connectivity index (χ3n) is 4.24. The lowest BCUT2D eigenvalue weighted by atomic mass is 10.0. The molecule has 0 spiro atoms. The number of aromatic nitrogens is 3. The van der Waals surface area contributed by atoms with Crippen LogP contribution in [-0.2, 0) is 18.3 Å². The molecule has 2 heterocycles. The molecular weight excluding hydrogens is 328 g/mol. The zero-order valence-corrected chi connectivity index (χ0v) is 14.9. The van der Waals surface area contributed by atoms with Crippen LogP contribution >= 0.6 is 0 Å². The van der Waals surface area contributed by atoms with Crippen molar-refractivity contribution in [1.29, 1.82) is 0 Å². The first kappa shape index (κ1) is 17.7. The van der Waals surface area contributed by atoms with Crippen molar-refractivity contribution in [3.05, 3.63) is 78.1 Å². The van der Waals surface area contributed by atoms with Crippen LogP contribution in [0.4, 0.5) is 0 Å². The standard InChI is InChI=1S/C20H22N4O2/c1-24-13-12-22-20(24)19(16-7-3-4-8-17(16)26-2)23-18(25)10-9-15-6-5-11-21-14-15/h3-8,11-14,19H,9-10H2,1-2H3,(H,23,25)/t19-/m0/s1. The van der Waals surface area contributed by atoms with Crippen molar-refractivity contribution in [3.63, 3.8) is 0 Å². The summed E-state index contributed by atoms with van der Waals surface area (Å²) in [6, 6.07) is 11.1. The Hall–Kier alpha value is -3.15. The molecule has 1 atom stereocenters. The Morgan fingerprint density at radius 2 is 2.08 bits per heavy atom. The smallest absolute Gasteiger partial charge is 0.221 e. The van der Waals surface area contributed by atoms with Crippen LogP contribution in [0, 0.1) is 0 Å². The van der Waals surface area contributed by atoms with E-state index in [1.54, 1.807) is 25.7 Å². The van der Waals surface area contributed by atoms with Crippen LogP contribution in [0.2, 0.25) is 0 Å². The number of para-hydroxylation sites is 1. The molecule has 0 radical (unpaired) electrons. The number of methoxy groups -OCH3 is 1. The number of carbonyl (C=O) groups excluding carboxylic acids is 1. The fourth-order valence-electron chi connectivity index (χ4n) is 2.88. The number of amides is 1. The first-order valence-electron chi connectivity index (χ1n) is 8.47. The number of aryl methyl sites for hydroxylation is 2. The highest BCUT2D eigenvalue weighted by atomic mass is 16.5. The van der Waals surface area contributed by atoms with Crippen molar-refractivity contribution in [2.75, 3.05) is 7.11 Å². The van der Waals surface area contributed by atoms with Crippen LogP contribution in [-0.4, -0.2) is 27.6 Å². The van der Waals surface area contributed by atoms with Gasteiger partial charge in [-0.15, -0.1) is 0 Å². The van der Waals surface area contributed by atoms with E-state index in [1.807, 2.05) is 54.2 Å². The number of hydrogen-bond donors (Lipinski definition) is 1. The van der Waals surface area contributed by atoms with Crippen molar-refractivity contribution in [2.24, 2.45) is 7.05 Å². The number of pyridine rings is 1. The Balaban J connectivity index is 1.80. The quantitative estimate of drug-likeness (QED) is 0.711. The molecule has 0 aliphatic carbocycles. The SMILES string of the molecule is COc1ccccc1[C@H](NC(=O)CCc1cccnc1)c1nccn1C. The summed E-state index contributed by atoms with van der Waals surface area (Å²) in [4.78, 5) is 21.1. The summed E-state index contributed by atoms with van der Waals surface area (Å²) < 4.78 is 7.38. The molecule has 0 unspecified atom stereocenters. The first-order chi connectivity index (χ1) is 12.7. The van der Waals surface area contributed by atoms with Crippen molar-refractivity contribution < 1.29 is 9.53 Å². The average molecular weight is 350 g/mol. The fraction of sp³-hybridized carbons (Fsp3) is 0.250. The summed E-state index contributed by atoms with van der Waals surface area (Å²) in [6.07, 6.45) is 8.10. The zero-order chi connectivity index (χ0) is 18.4. The second kappa shape index (κ2) is 8.29. The fourth-order valence-corrected chi connectivity index (χ4v) is 2.88. The molecule has 0 aliphatic heterocycles. The van der Waals surface area contributed by atoms with Gasteiger partial charge in [-0.25, -0.2) is 4.98 Å². The number of ether oxygens (including phenoxy) is 1. The molecule has 0 bridgehead atoms. The van der Waals surface area contributed by atoms with Gasteiger partial charge >= 0.3 is 0 Å². The Kier molecular flexibility index (Phi) is 5.63. The van der Waals surface area contributed by atoms with E-state index in [9.17, 15) is 4.79 Å². The summed E-state index contributed by atoms with van der Waals surface area (Å²) in [5.74, 6) is 1.42. The minimum Gasteiger partial charge on any atom is -0.496 e. The number of carbonyl (C=O) groups is 1. The molecule has 2 aromatic heterocycles. The molecule has 6 nitrogen and oxygen atoms in total. The van der Waals surface area contributed by atoms with E-state index in [0.717, 1.165) is 17.0 Å². The Morgan fingerprint density at radius 1 is 1.23 bits per heavy atom. The van der Waals surface area contributed by atoms with Gasteiger partial charge in [0.1, 0.15) is 17.6 Å². The molecule has 134 valence electrons. The molecule has 3 rings (SSSR count). The highest BCUT2D eigenvalue weighted by Gasteiger charge is 2.23. The van der Waals surface area contributed by atoms with E-state index >= 15 is 0 Å². The molecular formula is C20H22N4O2. The van der Waals surface area contributed by atoms with E-state index < -0.39 is 0 Å². The van der Waals surface area contributed by atoms with Gasteiger partial charge in [-0.05, 0) is 24.1 Å². The lowest BCUT2D eigenvalue weighted by Gasteiger charge is -2.21. The number of benzene rings is 1. The largest absolute Gasteiger partial charge is 0.496 e. The lowest BCUT2D eigenvalue weighted by molar-refractivity contribution is -0.121. The highest BCUT2D eigenvalue weighted by molar-refractivity contribution is 5.77. The van der Waals surface area contributed by atoms with Crippen molar-refractivity contribution in [3.8, 4) is 5.75 Å². The third kappa shape index (κ3) is 4.08. The van der Waals surface area contributed by atoms with Gasteiger partial charge in [0.15, 0.2) is 0 Å². The van der Waals surface area contributed by atoms with Crippen LogP contribution in [0.3, 0.4) is 0 Å². The normalized spacial score (nSPS) is 11.8. The van der Waals surface area contributed by atoms with Gasteiger partial charge in [-0.2, -0.15) is 0 Å². The second-order valence-electron chi connectivity index (χ2n) is 6.00. The van der Waals surface area contributed by atoms with Crippen molar-refractivity contribution in [1.82, 2.24) is 19.9 Å². The maximum absolute atomic E-state index is 12.6. The molecule has 1 N–H and O–H groups in total. The molecule has 0 aliphatic rings. The van der Waals surface area contributed by atoms with Gasteiger partial charge in [0.05, 0.1) is 7.11 Å². The number of rotatable bonds is 7. The molecule has 6 heteroatoms. The van der Waals surface area contributed by atoms with Gasteiger partial charge in [-0.3, -0.25) is 9.78 Å². The van der Waals surface area contributed by atoms with Crippen LogP contribution in [0.25, 0.3) is 0 Å². The topological polar surface area (TPSA) is 69.0 Å². The van der Waals surface area contributed by atoms with Gasteiger partial charge in [0, 0.05) is 43.8 Å². The number of nitrogens with one attached hydrogen (secondary N) is 1. The van der Waals surface area contributed by atoms with Gasteiger partial charge in [0.25, 0.3) is 0 Å². The molecule has 0 fully saturated rings. The predicted octanol–water partition coefficient (Wildman–Crippen LogP) is 2.66. The summed E-state index contributed by atoms with van der Waals surface area (Å²) >= 11 is 0. The van der Waals surface area contributed by atoms with Crippen LogP contribution in [0.1, 0.15) is 29.4 Å². The highest BCUT2D eigenvalue weighted by Crippen LogP contribution is 2.29. The molecule has 1 aromatic carbocycles. The van der Waals surface area contributed by atoms with Crippen molar-refractivity contribution >= 4 is 5.91 Å². The van der Waals surface area contributed by atoms with Gasteiger partial charge in [0.2, 0.25) is 5.91 Å². The summed E-state index contributed by atoms with van der Waals surface area (Å²) in [7, 11) is 3.53. The number of hydrogen-bond acceptors (Lipinski definition) is 4. The van der Waals surface area contributed by atoms with Crippen LogP contribution < -0.4 is 10.1 Å². The minimum atomic E-state index is -0.382. The Bertz CT molecular complexity index is 861. The Labute approximate surface area is 152 Å². The molecule has 0 saturated heterocycles.